The molecule has 23 heavy (non-hydrogen) atoms. The number of amides is 2. The van der Waals surface area contributed by atoms with Crippen molar-refractivity contribution in [3.63, 3.8) is 0 Å². The Balaban J connectivity index is 1.91. The first kappa shape index (κ1) is 18.4. The zero-order valence-corrected chi connectivity index (χ0v) is 14.4. The van der Waals surface area contributed by atoms with Crippen LogP contribution in [0.2, 0.25) is 4.34 Å². The van der Waals surface area contributed by atoms with Gasteiger partial charge in [-0.15, -0.1) is 11.3 Å². The summed E-state index contributed by atoms with van der Waals surface area (Å²) in [6, 6.07) is 2.89. The summed E-state index contributed by atoms with van der Waals surface area (Å²) in [5.74, 6) is -1.31. The van der Waals surface area contributed by atoms with Crippen LogP contribution < -0.4 is 5.32 Å². The molecule has 0 radical (unpaired) electrons. The van der Waals surface area contributed by atoms with Gasteiger partial charge >= 0.3 is 12.2 Å². The zero-order chi connectivity index (χ0) is 17.0. The van der Waals surface area contributed by atoms with E-state index in [1.54, 1.807) is 11.0 Å². The molecule has 0 bridgehead atoms. The predicted octanol–water partition coefficient (Wildman–Crippen LogP) is 5.05. The molecule has 2 unspecified atom stereocenters. The van der Waals surface area contributed by atoms with Gasteiger partial charge in [-0.25, -0.2) is 4.79 Å². The van der Waals surface area contributed by atoms with Gasteiger partial charge in [0.05, 0.1) is 16.8 Å². The molecule has 2 atom stereocenters. The number of alkyl halides is 3. The second kappa shape index (κ2) is 7.75. The van der Waals surface area contributed by atoms with E-state index in [1.807, 2.05) is 13.0 Å². The molecule has 1 aromatic rings. The molecular formula is C15H20ClF3N2OS. The van der Waals surface area contributed by atoms with Crippen molar-refractivity contribution in [1.29, 1.82) is 0 Å². The van der Waals surface area contributed by atoms with Gasteiger partial charge in [0, 0.05) is 17.5 Å². The van der Waals surface area contributed by atoms with Crippen molar-refractivity contribution in [3.05, 3.63) is 21.3 Å². The number of urea groups is 1. The van der Waals surface area contributed by atoms with Crippen molar-refractivity contribution in [1.82, 2.24) is 10.2 Å². The number of rotatable bonds is 4. The number of halogens is 4. The zero-order valence-electron chi connectivity index (χ0n) is 12.8. The quantitative estimate of drug-likeness (QED) is 0.792. The molecule has 8 heteroatoms. The molecule has 0 spiro atoms. The standard InChI is InChI=1S/C15H20ClF3N2OS/c1-2-21(9-12-6-7-13(16)23-12)14(22)20-11-5-3-4-10(8-11)15(17,18)19/h6-7,10-11H,2-5,8-9H2,1H3,(H,20,22). The molecule has 0 saturated heterocycles. The Morgan fingerprint density at radius 3 is 2.74 bits per heavy atom. The van der Waals surface area contributed by atoms with Crippen LogP contribution in [-0.4, -0.2) is 29.7 Å². The topological polar surface area (TPSA) is 32.3 Å². The maximum absolute atomic E-state index is 12.8. The van der Waals surface area contributed by atoms with Crippen molar-refractivity contribution < 1.29 is 18.0 Å². The lowest BCUT2D eigenvalue weighted by Gasteiger charge is -2.32. The molecular weight excluding hydrogens is 349 g/mol. The van der Waals surface area contributed by atoms with Crippen LogP contribution in [0.15, 0.2) is 12.1 Å². The Hall–Kier alpha value is -0.950. The number of carbonyl (C=O) groups excluding carboxylic acids is 1. The number of thiophene rings is 1. The molecule has 1 aromatic heterocycles. The van der Waals surface area contributed by atoms with Crippen LogP contribution in [0.3, 0.4) is 0 Å². The normalized spacial score (nSPS) is 22.0. The Labute approximate surface area is 142 Å². The smallest absolute Gasteiger partial charge is 0.335 e. The van der Waals surface area contributed by atoms with E-state index >= 15 is 0 Å². The van der Waals surface area contributed by atoms with Gasteiger partial charge in [-0.2, -0.15) is 13.2 Å². The fraction of sp³-hybridized carbons (Fsp3) is 0.667. The van der Waals surface area contributed by atoms with Gasteiger partial charge in [-0.3, -0.25) is 0 Å². The summed E-state index contributed by atoms with van der Waals surface area (Å²) >= 11 is 7.27. The lowest BCUT2D eigenvalue weighted by molar-refractivity contribution is -0.183. The van der Waals surface area contributed by atoms with Gasteiger partial charge < -0.3 is 10.2 Å². The third-order valence-electron chi connectivity index (χ3n) is 4.11. The molecule has 1 N–H and O–H groups in total. The van der Waals surface area contributed by atoms with Gasteiger partial charge in [0.2, 0.25) is 0 Å². The van der Waals surface area contributed by atoms with Crippen LogP contribution in [0.1, 0.15) is 37.5 Å². The van der Waals surface area contributed by atoms with Crippen molar-refractivity contribution in [3.8, 4) is 0 Å². The Bertz CT molecular complexity index is 535. The summed E-state index contributed by atoms with van der Waals surface area (Å²) in [4.78, 5) is 14.8. The largest absolute Gasteiger partial charge is 0.391 e. The van der Waals surface area contributed by atoms with Crippen molar-refractivity contribution in [2.45, 2.75) is 51.4 Å². The van der Waals surface area contributed by atoms with E-state index in [0.717, 1.165) is 4.88 Å². The van der Waals surface area contributed by atoms with Crippen LogP contribution in [0.5, 0.6) is 0 Å². The average molecular weight is 369 g/mol. The fourth-order valence-corrected chi connectivity index (χ4v) is 3.94. The predicted molar refractivity (Wildman–Crippen MR) is 85.7 cm³/mol. The molecule has 0 aliphatic heterocycles. The molecule has 0 aromatic carbocycles. The molecule has 1 aliphatic rings. The Kier molecular flexibility index (Phi) is 6.19. The SMILES string of the molecule is CCN(Cc1ccc(Cl)s1)C(=O)NC1CCCC(C(F)(F)F)C1. The highest BCUT2D eigenvalue weighted by molar-refractivity contribution is 7.16. The first-order valence-corrected chi connectivity index (χ1v) is 8.85. The molecule has 3 nitrogen and oxygen atoms in total. The number of hydrogen-bond donors (Lipinski definition) is 1. The molecule has 2 amide bonds. The highest BCUT2D eigenvalue weighted by atomic mass is 35.5. The van der Waals surface area contributed by atoms with Gasteiger partial charge in [0.15, 0.2) is 0 Å². The number of nitrogens with zero attached hydrogens (tertiary/aromatic N) is 1. The summed E-state index contributed by atoms with van der Waals surface area (Å²) in [5.41, 5.74) is 0. The van der Waals surface area contributed by atoms with Crippen molar-refractivity contribution in [2.75, 3.05) is 6.54 Å². The highest BCUT2D eigenvalue weighted by Crippen LogP contribution is 2.37. The highest BCUT2D eigenvalue weighted by Gasteiger charge is 2.42. The molecule has 2 rings (SSSR count). The van der Waals surface area contributed by atoms with Crippen LogP contribution in [0.4, 0.5) is 18.0 Å². The summed E-state index contributed by atoms with van der Waals surface area (Å²) in [5, 5.41) is 2.76. The molecule has 1 aliphatic carbocycles. The van der Waals surface area contributed by atoms with Crippen molar-refractivity contribution in [2.24, 2.45) is 5.92 Å². The monoisotopic (exact) mass is 368 g/mol. The Morgan fingerprint density at radius 2 is 2.17 bits per heavy atom. The minimum Gasteiger partial charge on any atom is -0.335 e. The van der Waals surface area contributed by atoms with Gasteiger partial charge in [-0.1, -0.05) is 18.0 Å². The molecule has 130 valence electrons. The van der Waals surface area contributed by atoms with Crippen LogP contribution >= 0.6 is 22.9 Å². The summed E-state index contributed by atoms with van der Waals surface area (Å²) in [6.45, 7) is 2.74. The molecule has 1 fully saturated rings. The third kappa shape index (κ3) is 5.28. The maximum atomic E-state index is 12.8. The minimum absolute atomic E-state index is 0.0301. The second-order valence-corrected chi connectivity index (χ2v) is 7.57. The number of nitrogens with one attached hydrogen (secondary N) is 1. The van der Waals surface area contributed by atoms with E-state index in [4.69, 9.17) is 11.6 Å². The summed E-state index contributed by atoms with van der Waals surface area (Å²) < 4.78 is 39.1. The van der Waals surface area contributed by atoms with E-state index in [2.05, 4.69) is 5.32 Å². The minimum atomic E-state index is -4.18. The van der Waals surface area contributed by atoms with Crippen molar-refractivity contribution >= 4 is 29.0 Å². The maximum Gasteiger partial charge on any atom is 0.391 e. The van der Waals surface area contributed by atoms with Crippen LogP contribution in [0.25, 0.3) is 0 Å². The third-order valence-corrected chi connectivity index (χ3v) is 5.33. The van der Waals surface area contributed by atoms with E-state index in [0.29, 0.717) is 30.3 Å². The van der Waals surface area contributed by atoms with Crippen LogP contribution in [-0.2, 0) is 6.54 Å². The number of hydrogen-bond acceptors (Lipinski definition) is 2. The first-order valence-electron chi connectivity index (χ1n) is 7.66. The van der Waals surface area contributed by atoms with Gasteiger partial charge in [0.1, 0.15) is 0 Å². The average Bonchev–Trinajstić information content (AvgIpc) is 2.89. The first-order chi connectivity index (χ1) is 10.8. The Morgan fingerprint density at radius 1 is 1.43 bits per heavy atom. The fourth-order valence-electron chi connectivity index (χ4n) is 2.84. The van der Waals surface area contributed by atoms with E-state index in [1.165, 1.54) is 11.3 Å². The van der Waals surface area contributed by atoms with Crippen LogP contribution in [0, 0.1) is 5.92 Å². The van der Waals surface area contributed by atoms with Gasteiger partial charge in [0.25, 0.3) is 0 Å². The van der Waals surface area contributed by atoms with E-state index in [9.17, 15) is 18.0 Å². The lowest BCUT2D eigenvalue weighted by Crippen LogP contribution is -2.47. The summed E-state index contributed by atoms with van der Waals surface area (Å²) in [7, 11) is 0. The lowest BCUT2D eigenvalue weighted by atomic mass is 9.85. The molecule has 1 heterocycles. The number of carbonyl (C=O) groups is 1. The summed E-state index contributed by atoms with van der Waals surface area (Å²) in [6.07, 6.45) is -2.97. The second-order valence-electron chi connectivity index (χ2n) is 5.77. The molecule has 1 saturated carbocycles. The van der Waals surface area contributed by atoms with E-state index < -0.39 is 18.1 Å². The van der Waals surface area contributed by atoms with E-state index in [-0.39, 0.29) is 18.9 Å². The van der Waals surface area contributed by atoms with Gasteiger partial charge in [-0.05, 0) is 38.3 Å².